The van der Waals surface area contributed by atoms with Crippen molar-refractivity contribution >= 4 is 16.8 Å². The quantitative estimate of drug-likeness (QED) is 0.868. The van der Waals surface area contributed by atoms with E-state index in [9.17, 15) is 4.79 Å². The molecule has 3 N–H and O–H groups in total. The van der Waals surface area contributed by atoms with Gasteiger partial charge in [0.05, 0.1) is 0 Å². The van der Waals surface area contributed by atoms with E-state index in [4.69, 9.17) is 5.73 Å². The summed E-state index contributed by atoms with van der Waals surface area (Å²) >= 11 is 0. The van der Waals surface area contributed by atoms with Gasteiger partial charge in [-0.25, -0.2) is 0 Å². The molecule has 0 aliphatic heterocycles. The minimum Gasteiger partial charge on any atom is -0.358 e. The van der Waals surface area contributed by atoms with Gasteiger partial charge in [0.1, 0.15) is 0 Å². The summed E-state index contributed by atoms with van der Waals surface area (Å²) in [6.45, 7) is 2.00. The summed E-state index contributed by atoms with van der Waals surface area (Å²) < 4.78 is 0. The molecule has 0 spiro atoms. The lowest BCUT2D eigenvalue weighted by atomic mass is 10.0. The average Bonchev–Trinajstić information content (AvgIpc) is 2.64. The summed E-state index contributed by atoms with van der Waals surface area (Å²) in [5.74, 6) is 0.0483. The van der Waals surface area contributed by atoms with Crippen LogP contribution in [0.4, 0.5) is 0 Å². The molecular formula is C14H19N3O. The van der Waals surface area contributed by atoms with Gasteiger partial charge in [-0.15, -0.1) is 0 Å². The largest absolute Gasteiger partial charge is 0.358 e. The maximum atomic E-state index is 11.7. The molecule has 4 heteroatoms. The minimum absolute atomic E-state index is 0.0483. The van der Waals surface area contributed by atoms with Gasteiger partial charge < -0.3 is 15.6 Å². The highest BCUT2D eigenvalue weighted by molar-refractivity contribution is 5.86. The number of carbonyl (C=O) groups is 1. The Morgan fingerprint density at radius 1 is 1.39 bits per heavy atom. The summed E-state index contributed by atoms with van der Waals surface area (Å²) in [7, 11) is 3.49. The van der Waals surface area contributed by atoms with Crippen LogP contribution in [0.25, 0.3) is 10.9 Å². The lowest BCUT2D eigenvalue weighted by Crippen LogP contribution is -2.26. The highest BCUT2D eigenvalue weighted by Gasteiger charge is 2.18. The van der Waals surface area contributed by atoms with Crippen LogP contribution in [0.2, 0.25) is 0 Å². The highest BCUT2D eigenvalue weighted by Crippen LogP contribution is 2.28. The first-order valence-electron chi connectivity index (χ1n) is 6.03. The number of carbonyl (C=O) groups excluding carboxylic acids is 1. The Balaban J connectivity index is 2.35. The van der Waals surface area contributed by atoms with E-state index in [2.05, 4.69) is 4.98 Å². The van der Waals surface area contributed by atoms with Crippen molar-refractivity contribution in [2.45, 2.75) is 19.4 Å². The van der Waals surface area contributed by atoms with Crippen LogP contribution in [-0.2, 0) is 4.79 Å². The van der Waals surface area contributed by atoms with Gasteiger partial charge in [0, 0.05) is 43.2 Å². The van der Waals surface area contributed by atoms with Crippen LogP contribution in [0.1, 0.15) is 23.7 Å². The number of aromatic nitrogens is 1. The molecule has 96 valence electrons. The van der Waals surface area contributed by atoms with E-state index in [1.165, 1.54) is 0 Å². The molecule has 0 saturated heterocycles. The molecule has 0 bridgehead atoms. The normalized spacial score (nSPS) is 12.7. The molecule has 0 fully saturated rings. The maximum absolute atomic E-state index is 11.7. The number of hydrogen-bond donors (Lipinski definition) is 2. The second-order valence-corrected chi connectivity index (χ2v) is 4.81. The molecule has 1 amide bonds. The van der Waals surface area contributed by atoms with Crippen LogP contribution >= 0.6 is 0 Å². The van der Waals surface area contributed by atoms with Crippen LogP contribution in [0.3, 0.4) is 0 Å². The summed E-state index contributed by atoms with van der Waals surface area (Å²) in [6, 6.07) is 7.76. The van der Waals surface area contributed by atoms with Gasteiger partial charge in [0.2, 0.25) is 5.91 Å². The molecule has 1 aromatic carbocycles. The number of para-hydroxylation sites is 1. The number of nitrogens with two attached hydrogens (primary N) is 1. The molecule has 18 heavy (non-hydrogen) atoms. The number of aromatic amines is 1. The summed E-state index contributed by atoms with van der Waals surface area (Å²) in [4.78, 5) is 16.6. The second kappa shape index (κ2) is 4.82. The van der Waals surface area contributed by atoms with Crippen molar-refractivity contribution < 1.29 is 4.79 Å². The molecule has 2 aromatic rings. The summed E-state index contributed by atoms with van der Waals surface area (Å²) in [5, 5.41) is 1.11. The Morgan fingerprint density at radius 3 is 2.72 bits per heavy atom. The predicted molar refractivity (Wildman–Crippen MR) is 73.3 cm³/mol. The molecule has 0 aliphatic carbocycles. The zero-order valence-corrected chi connectivity index (χ0v) is 11.0. The Bertz CT molecular complexity index is 571. The topological polar surface area (TPSA) is 62.1 Å². The van der Waals surface area contributed by atoms with Gasteiger partial charge in [-0.2, -0.15) is 0 Å². The third kappa shape index (κ3) is 2.24. The van der Waals surface area contributed by atoms with E-state index in [-0.39, 0.29) is 11.9 Å². The standard InChI is InChI=1S/C14H19N3O/c1-9-14(11(15)8-13(18)17(2)3)10-6-4-5-7-12(10)16-9/h4-7,11,16H,8,15H2,1-3H3. The third-order valence-corrected chi connectivity index (χ3v) is 3.21. The predicted octanol–water partition coefficient (Wildman–Crippen LogP) is 1.95. The zero-order valence-electron chi connectivity index (χ0n) is 11.0. The number of nitrogens with zero attached hydrogens (tertiary/aromatic N) is 1. The minimum atomic E-state index is -0.268. The van der Waals surface area contributed by atoms with Crippen LogP contribution in [-0.4, -0.2) is 29.9 Å². The maximum Gasteiger partial charge on any atom is 0.223 e. The summed E-state index contributed by atoms with van der Waals surface area (Å²) in [5.41, 5.74) is 9.32. The van der Waals surface area contributed by atoms with Crippen molar-refractivity contribution in [3.05, 3.63) is 35.5 Å². The Kier molecular flexibility index (Phi) is 3.39. The Morgan fingerprint density at radius 2 is 2.06 bits per heavy atom. The van der Waals surface area contributed by atoms with Crippen molar-refractivity contribution in [3.63, 3.8) is 0 Å². The van der Waals surface area contributed by atoms with Gasteiger partial charge in [-0.05, 0) is 18.6 Å². The smallest absolute Gasteiger partial charge is 0.223 e. The highest BCUT2D eigenvalue weighted by atomic mass is 16.2. The van der Waals surface area contributed by atoms with Crippen LogP contribution in [0.15, 0.2) is 24.3 Å². The first-order chi connectivity index (χ1) is 8.50. The Hall–Kier alpha value is -1.81. The number of rotatable bonds is 3. The number of hydrogen-bond acceptors (Lipinski definition) is 2. The van der Waals surface area contributed by atoms with Crippen molar-refractivity contribution in [2.24, 2.45) is 5.73 Å². The number of benzene rings is 1. The third-order valence-electron chi connectivity index (χ3n) is 3.21. The van der Waals surface area contributed by atoms with Crippen LogP contribution in [0.5, 0.6) is 0 Å². The van der Waals surface area contributed by atoms with E-state index in [0.29, 0.717) is 6.42 Å². The van der Waals surface area contributed by atoms with Crippen molar-refractivity contribution in [3.8, 4) is 0 Å². The van der Waals surface area contributed by atoms with Crippen molar-refractivity contribution in [1.29, 1.82) is 0 Å². The van der Waals surface area contributed by atoms with Gasteiger partial charge in [-0.3, -0.25) is 4.79 Å². The van der Waals surface area contributed by atoms with E-state index in [0.717, 1.165) is 22.2 Å². The van der Waals surface area contributed by atoms with Gasteiger partial charge >= 0.3 is 0 Å². The first-order valence-corrected chi connectivity index (χ1v) is 6.03. The van der Waals surface area contributed by atoms with E-state index >= 15 is 0 Å². The number of amides is 1. The summed E-state index contributed by atoms with van der Waals surface area (Å²) in [6.07, 6.45) is 0.329. The molecule has 0 aliphatic rings. The fourth-order valence-electron chi connectivity index (χ4n) is 2.25. The molecular weight excluding hydrogens is 226 g/mol. The van der Waals surface area contributed by atoms with Gasteiger partial charge in [0.25, 0.3) is 0 Å². The number of aryl methyl sites for hydroxylation is 1. The fourth-order valence-corrected chi connectivity index (χ4v) is 2.25. The van der Waals surface area contributed by atoms with Gasteiger partial charge in [-0.1, -0.05) is 18.2 Å². The monoisotopic (exact) mass is 245 g/mol. The molecule has 1 heterocycles. The van der Waals surface area contributed by atoms with Gasteiger partial charge in [0.15, 0.2) is 0 Å². The van der Waals surface area contributed by atoms with E-state index < -0.39 is 0 Å². The zero-order chi connectivity index (χ0) is 13.3. The van der Waals surface area contributed by atoms with Crippen molar-refractivity contribution in [2.75, 3.05) is 14.1 Å². The van der Waals surface area contributed by atoms with Crippen LogP contribution < -0.4 is 5.73 Å². The molecule has 4 nitrogen and oxygen atoms in total. The SMILES string of the molecule is Cc1[nH]c2ccccc2c1C(N)CC(=O)N(C)C. The molecule has 0 radical (unpaired) electrons. The first kappa shape index (κ1) is 12.6. The lowest BCUT2D eigenvalue weighted by molar-refractivity contribution is -0.129. The number of H-pyrrole nitrogens is 1. The lowest BCUT2D eigenvalue weighted by Gasteiger charge is -2.15. The van der Waals surface area contributed by atoms with E-state index in [1.807, 2.05) is 31.2 Å². The Labute approximate surface area is 107 Å². The van der Waals surface area contributed by atoms with Crippen LogP contribution in [0, 0.1) is 6.92 Å². The molecule has 1 unspecified atom stereocenters. The molecule has 0 saturated carbocycles. The number of fused-ring (bicyclic) bond motifs is 1. The van der Waals surface area contributed by atoms with E-state index in [1.54, 1.807) is 19.0 Å². The number of nitrogens with one attached hydrogen (secondary N) is 1. The molecule has 1 aromatic heterocycles. The average molecular weight is 245 g/mol. The molecule has 2 rings (SSSR count). The second-order valence-electron chi connectivity index (χ2n) is 4.81. The fraction of sp³-hybridized carbons (Fsp3) is 0.357. The molecule has 1 atom stereocenters. The van der Waals surface area contributed by atoms with Crippen molar-refractivity contribution in [1.82, 2.24) is 9.88 Å².